The van der Waals surface area contributed by atoms with Gasteiger partial charge < -0.3 is 20.3 Å². The number of likely N-dealkylation sites (tertiary alicyclic amines) is 1. The molecule has 0 radical (unpaired) electrons. The number of nitrogens with one attached hydrogen (secondary N) is 2. The lowest BCUT2D eigenvalue weighted by Crippen LogP contribution is -2.45. The molecule has 0 bridgehead atoms. The van der Waals surface area contributed by atoms with E-state index in [2.05, 4.69) is 33.8 Å². The van der Waals surface area contributed by atoms with Gasteiger partial charge in [-0.1, -0.05) is 32.4 Å². The van der Waals surface area contributed by atoms with Crippen molar-refractivity contribution in [2.75, 3.05) is 20.1 Å². The molecule has 1 saturated carbocycles. The minimum absolute atomic E-state index is 0.0503. The average molecular weight is 401 g/mol. The fraction of sp³-hybridized carbons (Fsp3) is 0.652. The summed E-state index contributed by atoms with van der Waals surface area (Å²) in [5.41, 5.74) is 1.17. The lowest BCUT2D eigenvalue weighted by Gasteiger charge is -2.23. The first-order valence-electron chi connectivity index (χ1n) is 11.1. The molecule has 160 valence electrons. The molecule has 1 aromatic rings. The Kier molecular flexibility index (Phi) is 7.78. The highest BCUT2D eigenvalue weighted by atomic mass is 16.5. The van der Waals surface area contributed by atoms with Crippen molar-refractivity contribution in [3.05, 3.63) is 29.8 Å². The normalized spacial score (nSPS) is 20.8. The maximum absolute atomic E-state index is 12.2. The first-order valence-corrected chi connectivity index (χ1v) is 11.1. The van der Waals surface area contributed by atoms with Crippen molar-refractivity contribution in [2.45, 2.75) is 71.1 Å². The van der Waals surface area contributed by atoms with Gasteiger partial charge in [-0.25, -0.2) is 0 Å². The first-order chi connectivity index (χ1) is 14.0. The van der Waals surface area contributed by atoms with E-state index in [1.54, 1.807) is 7.05 Å². The van der Waals surface area contributed by atoms with Crippen LogP contribution in [-0.2, 0) is 11.3 Å². The summed E-state index contributed by atoms with van der Waals surface area (Å²) < 4.78 is 6.18. The fourth-order valence-electron chi connectivity index (χ4n) is 4.12. The molecule has 29 heavy (non-hydrogen) atoms. The highest BCUT2D eigenvalue weighted by Crippen LogP contribution is 2.24. The van der Waals surface area contributed by atoms with Crippen molar-refractivity contribution < 1.29 is 9.53 Å². The predicted molar refractivity (Wildman–Crippen MR) is 117 cm³/mol. The van der Waals surface area contributed by atoms with E-state index < -0.39 is 0 Å². The summed E-state index contributed by atoms with van der Waals surface area (Å²) in [7, 11) is 1.78. The summed E-state index contributed by atoms with van der Waals surface area (Å²) in [6.45, 7) is 6.14. The quantitative estimate of drug-likeness (QED) is 0.568. The molecular weight excluding hydrogens is 364 g/mol. The minimum Gasteiger partial charge on any atom is -0.490 e. The predicted octanol–water partition coefficient (Wildman–Crippen LogP) is 3.32. The third-order valence-electron chi connectivity index (χ3n) is 5.77. The number of amides is 1. The SMILES string of the molecule is CN=C(NCc1cccc(OC2CCCCC2)c1)NC1CCN(C(=O)C(C)C)C1. The second kappa shape index (κ2) is 10.5. The van der Waals surface area contributed by atoms with Crippen LogP contribution in [0.4, 0.5) is 0 Å². The van der Waals surface area contributed by atoms with Crippen molar-refractivity contribution in [3.8, 4) is 5.75 Å². The second-order valence-corrected chi connectivity index (χ2v) is 8.52. The van der Waals surface area contributed by atoms with E-state index in [1.807, 2.05) is 24.8 Å². The Morgan fingerprint density at radius 2 is 2.03 bits per heavy atom. The standard InChI is InChI=1S/C23H36N4O2/c1-17(2)22(28)27-13-12-19(16-27)26-23(24-3)25-15-18-8-7-11-21(14-18)29-20-9-5-4-6-10-20/h7-8,11,14,17,19-20H,4-6,9-10,12-13,15-16H2,1-3H3,(H2,24,25,26). The highest BCUT2D eigenvalue weighted by Gasteiger charge is 2.27. The van der Waals surface area contributed by atoms with Crippen LogP contribution >= 0.6 is 0 Å². The number of hydrogen-bond acceptors (Lipinski definition) is 3. The van der Waals surface area contributed by atoms with E-state index in [4.69, 9.17) is 4.74 Å². The van der Waals surface area contributed by atoms with Crippen molar-refractivity contribution in [3.63, 3.8) is 0 Å². The lowest BCUT2D eigenvalue weighted by molar-refractivity contribution is -0.133. The second-order valence-electron chi connectivity index (χ2n) is 8.52. The van der Waals surface area contributed by atoms with Gasteiger partial charge >= 0.3 is 0 Å². The molecule has 1 aromatic carbocycles. The van der Waals surface area contributed by atoms with Gasteiger partial charge in [0.15, 0.2) is 5.96 Å². The summed E-state index contributed by atoms with van der Waals surface area (Å²) in [6, 6.07) is 8.56. The smallest absolute Gasteiger partial charge is 0.225 e. The molecule has 1 heterocycles. The zero-order chi connectivity index (χ0) is 20.6. The van der Waals surface area contributed by atoms with E-state index in [9.17, 15) is 4.79 Å². The number of benzene rings is 1. The Morgan fingerprint density at radius 3 is 2.76 bits per heavy atom. The topological polar surface area (TPSA) is 66.0 Å². The lowest BCUT2D eigenvalue weighted by atomic mass is 9.98. The van der Waals surface area contributed by atoms with Crippen molar-refractivity contribution in [1.29, 1.82) is 0 Å². The third kappa shape index (κ3) is 6.38. The Labute approximate surface area is 175 Å². The monoisotopic (exact) mass is 400 g/mol. The number of guanidine groups is 1. The fourth-order valence-corrected chi connectivity index (χ4v) is 4.12. The van der Waals surface area contributed by atoms with Crippen molar-refractivity contribution >= 4 is 11.9 Å². The molecule has 2 aliphatic rings. The molecule has 1 unspecified atom stereocenters. The van der Waals surface area contributed by atoms with Crippen molar-refractivity contribution in [1.82, 2.24) is 15.5 Å². The van der Waals surface area contributed by atoms with Gasteiger partial charge in [0.25, 0.3) is 0 Å². The number of nitrogens with zero attached hydrogens (tertiary/aromatic N) is 2. The molecule has 2 fully saturated rings. The average Bonchev–Trinajstić information content (AvgIpc) is 3.20. The van der Waals surface area contributed by atoms with Gasteiger partial charge in [-0.15, -0.1) is 0 Å². The van der Waals surface area contributed by atoms with E-state index in [1.165, 1.54) is 24.8 Å². The number of hydrogen-bond donors (Lipinski definition) is 2. The number of aliphatic imine (C=N–C) groups is 1. The van der Waals surface area contributed by atoms with Crippen LogP contribution in [-0.4, -0.2) is 49.0 Å². The molecule has 1 amide bonds. The maximum atomic E-state index is 12.2. The third-order valence-corrected chi connectivity index (χ3v) is 5.77. The Bertz CT molecular complexity index is 698. The van der Waals surface area contributed by atoms with Crippen LogP contribution in [0.3, 0.4) is 0 Å². The number of rotatable bonds is 6. The van der Waals surface area contributed by atoms with Crippen molar-refractivity contribution in [2.24, 2.45) is 10.9 Å². The Morgan fingerprint density at radius 1 is 1.24 bits per heavy atom. The van der Waals surface area contributed by atoms with Gasteiger partial charge in [0.2, 0.25) is 5.91 Å². The number of carbonyl (C=O) groups excluding carboxylic acids is 1. The van der Waals surface area contributed by atoms with Crippen LogP contribution in [0.2, 0.25) is 0 Å². The summed E-state index contributed by atoms with van der Waals surface area (Å²) in [5, 5.41) is 6.84. The van der Waals surface area contributed by atoms with Crippen LogP contribution in [0.25, 0.3) is 0 Å². The Hall–Kier alpha value is -2.24. The van der Waals surface area contributed by atoms with Crippen LogP contribution in [0.1, 0.15) is 57.9 Å². The molecule has 1 aliphatic carbocycles. The van der Waals surface area contributed by atoms with Gasteiger partial charge in [0, 0.05) is 38.6 Å². The molecular formula is C23H36N4O2. The van der Waals surface area contributed by atoms with E-state index in [0.717, 1.165) is 44.1 Å². The molecule has 6 heteroatoms. The number of carbonyl (C=O) groups is 1. The van der Waals surface area contributed by atoms with Gasteiger partial charge in [0.05, 0.1) is 6.10 Å². The summed E-state index contributed by atoms with van der Waals surface area (Å²) >= 11 is 0. The van der Waals surface area contributed by atoms with Gasteiger partial charge in [-0.3, -0.25) is 9.79 Å². The van der Waals surface area contributed by atoms with E-state index in [0.29, 0.717) is 12.6 Å². The van der Waals surface area contributed by atoms with Crippen LogP contribution in [0.5, 0.6) is 5.75 Å². The minimum atomic E-state index is 0.0503. The maximum Gasteiger partial charge on any atom is 0.225 e. The van der Waals surface area contributed by atoms with Gasteiger partial charge in [-0.2, -0.15) is 0 Å². The molecule has 6 nitrogen and oxygen atoms in total. The highest BCUT2D eigenvalue weighted by molar-refractivity contribution is 5.81. The largest absolute Gasteiger partial charge is 0.490 e. The summed E-state index contributed by atoms with van der Waals surface area (Å²) in [6.07, 6.45) is 7.52. The van der Waals surface area contributed by atoms with E-state index in [-0.39, 0.29) is 17.9 Å². The van der Waals surface area contributed by atoms with Crippen LogP contribution < -0.4 is 15.4 Å². The number of ether oxygens (including phenoxy) is 1. The molecule has 2 N–H and O–H groups in total. The van der Waals surface area contributed by atoms with Crippen LogP contribution in [0.15, 0.2) is 29.3 Å². The molecule has 0 aromatic heterocycles. The molecule has 1 atom stereocenters. The Balaban J connectivity index is 1.47. The molecule has 0 spiro atoms. The van der Waals surface area contributed by atoms with E-state index >= 15 is 0 Å². The molecule has 3 rings (SSSR count). The summed E-state index contributed by atoms with van der Waals surface area (Å²) in [4.78, 5) is 18.5. The zero-order valence-corrected chi connectivity index (χ0v) is 18.1. The molecule has 1 saturated heterocycles. The first kappa shape index (κ1) is 21.5. The molecule has 1 aliphatic heterocycles. The summed E-state index contributed by atoms with van der Waals surface area (Å²) in [5.74, 6) is 2.01. The zero-order valence-electron chi connectivity index (χ0n) is 18.1. The van der Waals surface area contributed by atoms with Gasteiger partial charge in [-0.05, 0) is 49.8 Å². The van der Waals surface area contributed by atoms with Crippen LogP contribution in [0, 0.1) is 5.92 Å². The van der Waals surface area contributed by atoms with Gasteiger partial charge in [0.1, 0.15) is 5.75 Å².